The minimum atomic E-state index is 0.551. The first kappa shape index (κ1) is 14.8. The van der Waals surface area contributed by atoms with E-state index in [1.54, 1.807) is 0 Å². The Morgan fingerprint density at radius 1 is 0.700 bits per heavy atom. The first-order valence-electron chi connectivity index (χ1n) is 7.61. The third-order valence-corrected chi connectivity index (χ3v) is 4.04. The Hall–Kier alpha value is -1.56. The molecule has 0 heteroatoms. The standard InChI is InChI=1S/C20H26/c1-13(2)17-8-10-19(16(6)12-17)20-11-15(5)7-9-18(20)14(3)4/h7-14H,1-6H3. The summed E-state index contributed by atoms with van der Waals surface area (Å²) in [7, 11) is 0. The van der Waals surface area contributed by atoms with Crippen LogP contribution in [-0.2, 0) is 0 Å². The molecule has 0 aliphatic heterocycles. The highest BCUT2D eigenvalue weighted by Gasteiger charge is 2.11. The van der Waals surface area contributed by atoms with E-state index in [1.807, 2.05) is 0 Å². The van der Waals surface area contributed by atoms with Crippen LogP contribution in [0.3, 0.4) is 0 Å². The Balaban J connectivity index is 2.59. The van der Waals surface area contributed by atoms with E-state index in [1.165, 1.54) is 33.4 Å². The summed E-state index contributed by atoms with van der Waals surface area (Å²) in [5.41, 5.74) is 8.34. The van der Waals surface area contributed by atoms with Crippen molar-refractivity contribution in [2.45, 2.75) is 53.4 Å². The molecule has 0 aromatic heterocycles. The van der Waals surface area contributed by atoms with Crippen molar-refractivity contribution in [1.82, 2.24) is 0 Å². The van der Waals surface area contributed by atoms with E-state index in [0.29, 0.717) is 11.8 Å². The highest BCUT2D eigenvalue weighted by atomic mass is 14.2. The molecular weight excluding hydrogens is 240 g/mol. The van der Waals surface area contributed by atoms with Gasteiger partial charge in [0, 0.05) is 0 Å². The molecule has 2 aromatic rings. The van der Waals surface area contributed by atoms with Gasteiger partial charge in [0.05, 0.1) is 0 Å². The van der Waals surface area contributed by atoms with E-state index >= 15 is 0 Å². The number of hydrogen-bond donors (Lipinski definition) is 0. The molecule has 0 heterocycles. The van der Waals surface area contributed by atoms with Gasteiger partial charge in [-0.15, -0.1) is 0 Å². The summed E-state index contributed by atoms with van der Waals surface area (Å²) in [5, 5.41) is 0. The molecule has 2 rings (SSSR count). The topological polar surface area (TPSA) is 0 Å². The molecule has 20 heavy (non-hydrogen) atoms. The molecule has 0 radical (unpaired) electrons. The summed E-state index contributed by atoms with van der Waals surface area (Å²) in [6, 6.07) is 13.7. The monoisotopic (exact) mass is 266 g/mol. The predicted octanol–water partition coefficient (Wildman–Crippen LogP) is 6.22. The predicted molar refractivity (Wildman–Crippen MR) is 89.5 cm³/mol. The van der Waals surface area contributed by atoms with Crippen molar-refractivity contribution in [3.63, 3.8) is 0 Å². The van der Waals surface area contributed by atoms with Gasteiger partial charge in [0.15, 0.2) is 0 Å². The van der Waals surface area contributed by atoms with Crippen molar-refractivity contribution in [2.75, 3.05) is 0 Å². The van der Waals surface area contributed by atoms with Crippen molar-refractivity contribution in [2.24, 2.45) is 0 Å². The van der Waals surface area contributed by atoms with E-state index in [0.717, 1.165) is 0 Å². The second-order valence-electron chi connectivity index (χ2n) is 6.47. The van der Waals surface area contributed by atoms with Gasteiger partial charge in [0.2, 0.25) is 0 Å². The van der Waals surface area contributed by atoms with Crippen molar-refractivity contribution in [1.29, 1.82) is 0 Å². The fourth-order valence-electron chi connectivity index (χ4n) is 2.76. The summed E-state index contributed by atoms with van der Waals surface area (Å²) in [4.78, 5) is 0. The molecule has 0 amide bonds. The van der Waals surface area contributed by atoms with Crippen LogP contribution in [-0.4, -0.2) is 0 Å². The second-order valence-corrected chi connectivity index (χ2v) is 6.47. The quantitative estimate of drug-likeness (QED) is 0.619. The van der Waals surface area contributed by atoms with Gasteiger partial charge in [0.1, 0.15) is 0 Å². The van der Waals surface area contributed by atoms with E-state index in [4.69, 9.17) is 0 Å². The van der Waals surface area contributed by atoms with E-state index in [9.17, 15) is 0 Å². The molecule has 0 N–H and O–H groups in total. The normalized spacial score (nSPS) is 11.4. The lowest BCUT2D eigenvalue weighted by Crippen LogP contribution is -1.96. The molecule has 0 fully saturated rings. The average molecular weight is 266 g/mol. The number of hydrogen-bond acceptors (Lipinski definition) is 0. The number of aryl methyl sites for hydroxylation is 2. The fraction of sp³-hybridized carbons (Fsp3) is 0.400. The van der Waals surface area contributed by atoms with Crippen molar-refractivity contribution in [3.8, 4) is 11.1 Å². The maximum atomic E-state index is 2.34. The van der Waals surface area contributed by atoms with Gasteiger partial charge < -0.3 is 0 Å². The average Bonchev–Trinajstić information content (AvgIpc) is 2.37. The minimum Gasteiger partial charge on any atom is -0.0590 e. The molecular formula is C20H26. The summed E-state index contributed by atoms with van der Waals surface area (Å²) in [6.45, 7) is 13.4. The lowest BCUT2D eigenvalue weighted by molar-refractivity contribution is 0.862. The molecule has 2 aromatic carbocycles. The zero-order chi connectivity index (χ0) is 14.9. The van der Waals surface area contributed by atoms with Crippen LogP contribution in [0, 0.1) is 13.8 Å². The molecule has 0 spiro atoms. The van der Waals surface area contributed by atoms with E-state index < -0.39 is 0 Å². The highest BCUT2D eigenvalue weighted by Crippen LogP contribution is 2.33. The maximum Gasteiger partial charge on any atom is -0.0144 e. The zero-order valence-electron chi connectivity index (χ0n) is 13.6. The van der Waals surface area contributed by atoms with Gasteiger partial charge in [-0.1, -0.05) is 69.7 Å². The largest absolute Gasteiger partial charge is 0.0590 e. The molecule has 0 aliphatic rings. The molecule has 0 bridgehead atoms. The van der Waals surface area contributed by atoms with Gasteiger partial charge >= 0.3 is 0 Å². The first-order chi connectivity index (χ1) is 9.40. The second kappa shape index (κ2) is 5.83. The third kappa shape index (κ3) is 2.95. The Morgan fingerprint density at radius 3 is 1.95 bits per heavy atom. The summed E-state index contributed by atoms with van der Waals surface area (Å²) in [6.07, 6.45) is 0. The molecule has 0 saturated heterocycles. The van der Waals surface area contributed by atoms with Gasteiger partial charge in [-0.05, 0) is 53.5 Å². The van der Waals surface area contributed by atoms with Crippen molar-refractivity contribution in [3.05, 3.63) is 58.7 Å². The van der Waals surface area contributed by atoms with Crippen LogP contribution < -0.4 is 0 Å². The Labute approximate surface area is 123 Å². The van der Waals surface area contributed by atoms with Gasteiger partial charge in [0.25, 0.3) is 0 Å². The van der Waals surface area contributed by atoms with Crippen LogP contribution in [0.4, 0.5) is 0 Å². The maximum absolute atomic E-state index is 2.34. The molecule has 0 nitrogen and oxygen atoms in total. The molecule has 106 valence electrons. The van der Waals surface area contributed by atoms with Gasteiger partial charge in [-0.25, -0.2) is 0 Å². The molecule has 0 aliphatic carbocycles. The Bertz CT molecular complexity index is 603. The number of benzene rings is 2. The lowest BCUT2D eigenvalue weighted by Gasteiger charge is -2.17. The molecule has 0 saturated carbocycles. The minimum absolute atomic E-state index is 0.551. The summed E-state index contributed by atoms with van der Waals surface area (Å²) >= 11 is 0. The van der Waals surface area contributed by atoms with Crippen LogP contribution in [0.2, 0.25) is 0 Å². The Kier molecular flexibility index (Phi) is 4.32. The molecule has 0 unspecified atom stereocenters. The fourth-order valence-corrected chi connectivity index (χ4v) is 2.76. The van der Waals surface area contributed by atoms with Crippen LogP contribution in [0.25, 0.3) is 11.1 Å². The Morgan fingerprint density at radius 2 is 1.40 bits per heavy atom. The van der Waals surface area contributed by atoms with Crippen LogP contribution >= 0.6 is 0 Å². The number of rotatable bonds is 3. The molecule has 0 atom stereocenters. The van der Waals surface area contributed by atoms with E-state index in [-0.39, 0.29) is 0 Å². The lowest BCUT2D eigenvalue weighted by atomic mass is 9.88. The van der Waals surface area contributed by atoms with Crippen LogP contribution in [0.15, 0.2) is 36.4 Å². The zero-order valence-corrected chi connectivity index (χ0v) is 13.6. The van der Waals surface area contributed by atoms with Crippen LogP contribution in [0.5, 0.6) is 0 Å². The van der Waals surface area contributed by atoms with Crippen molar-refractivity contribution < 1.29 is 0 Å². The first-order valence-corrected chi connectivity index (χ1v) is 7.61. The summed E-state index contributed by atoms with van der Waals surface area (Å²) < 4.78 is 0. The summed E-state index contributed by atoms with van der Waals surface area (Å²) in [5.74, 6) is 1.14. The van der Waals surface area contributed by atoms with E-state index in [2.05, 4.69) is 77.9 Å². The van der Waals surface area contributed by atoms with Crippen LogP contribution in [0.1, 0.15) is 61.8 Å². The van der Waals surface area contributed by atoms with Gasteiger partial charge in [-0.2, -0.15) is 0 Å². The SMILES string of the molecule is Cc1ccc(C(C)C)c(-c2ccc(C(C)C)cc2C)c1. The van der Waals surface area contributed by atoms with Gasteiger partial charge in [-0.3, -0.25) is 0 Å². The highest BCUT2D eigenvalue weighted by molar-refractivity contribution is 5.72. The van der Waals surface area contributed by atoms with Crippen molar-refractivity contribution >= 4 is 0 Å². The third-order valence-electron chi connectivity index (χ3n) is 4.04. The smallest absolute Gasteiger partial charge is 0.0144 e.